The summed E-state index contributed by atoms with van der Waals surface area (Å²) in [6, 6.07) is 4.80. The highest BCUT2D eigenvalue weighted by atomic mass is 127. The van der Waals surface area contributed by atoms with Crippen molar-refractivity contribution in [2.24, 2.45) is 4.99 Å². The molecule has 0 spiro atoms. The molecular weight excluding hydrogens is 465 g/mol. The molecule has 1 aliphatic rings. The Kier molecular flexibility index (Phi) is 8.60. The molecule has 0 bridgehead atoms. The second-order valence-corrected chi connectivity index (χ2v) is 8.24. The molecular formula is C17H26IN5S2. The minimum absolute atomic E-state index is 0. The lowest BCUT2D eigenvalue weighted by Crippen LogP contribution is -2.42. The summed E-state index contributed by atoms with van der Waals surface area (Å²) in [5, 5.41) is 10.1. The van der Waals surface area contributed by atoms with Gasteiger partial charge in [-0.3, -0.25) is 9.89 Å². The molecule has 2 aromatic rings. The van der Waals surface area contributed by atoms with Gasteiger partial charge in [-0.25, -0.2) is 4.98 Å². The number of nitrogens with zero attached hydrogens (tertiary/aromatic N) is 3. The van der Waals surface area contributed by atoms with E-state index in [1.54, 1.807) is 11.3 Å². The molecule has 0 saturated carbocycles. The second-order valence-electron chi connectivity index (χ2n) is 5.95. The number of nitrogens with one attached hydrogen (secondary N) is 2. The summed E-state index contributed by atoms with van der Waals surface area (Å²) in [4.78, 5) is 14.0. The number of thiophene rings is 1. The minimum Gasteiger partial charge on any atom is -0.354 e. The summed E-state index contributed by atoms with van der Waals surface area (Å²) >= 11 is 3.56. The number of rotatable bonds is 6. The van der Waals surface area contributed by atoms with Gasteiger partial charge < -0.3 is 10.6 Å². The molecule has 8 heteroatoms. The molecule has 3 rings (SSSR count). The number of hydrogen-bond donors (Lipinski definition) is 2. The van der Waals surface area contributed by atoms with Crippen molar-refractivity contribution < 1.29 is 0 Å². The Morgan fingerprint density at radius 3 is 2.76 bits per heavy atom. The molecule has 0 aromatic carbocycles. The zero-order valence-electron chi connectivity index (χ0n) is 14.7. The van der Waals surface area contributed by atoms with E-state index in [-0.39, 0.29) is 24.0 Å². The zero-order chi connectivity index (χ0) is 16.8. The van der Waals surface area contributed by atoms with Crippen LogP contribution < -0.4 is 10.6 Å². The predicted octanol–water partition coefficient (Wildman–Crippen LogP) is 3.63. The van der Waals surface area contributed by atoms with Crippen LogP contribution in [0.25, 0.3) is 0 Å². The number of guanidine groups is 1. The van der Waals surface area contributed by atoms with Gasteiger partial charge in [-0.2, -0.15) is 0 Å². The van der Waals surface area contributed by atoms with Crippen LogP contribution in [0.3, 0.4) is 0 Å². The Balaban J connectivity index is 0.00000225. The molecule has 0 aliphatic carbocycles. The molecule has 0 radical (unpaired) electrons. The van der Waals surface area contributed by atoms with Gasteiger partial charge in [0.2, 0.25) is 0 Å². The molecule has 2 aromatic heterocycles. The van der Waals surface area contributed by atoms with E-state index in [4.69, 9.17) is 0 Å². The Hall–Kier alpha value is -0.710. The summed E-state index contributed by atoms with van der Waals surface area (Å²) in [6.07, 6.45) is 4.52. The largest absolute Gasteiger partial charge is 0.354 e. The monoisotopic (exact) mass is 491 g/mol. The van der Waals surface area contributed by atoms with Crippen molar-refractivity contribution in [2.75, 3.05) is 26.7 Å². The van der Waals surface area contributed by atoms with Crippen LogP contribution in [0.1, 0.15) is 33.6 Å². The van der Waals surface area contributed by atoms with E-state index in [9.17, 15) is 0 Å². The van der Waals surface area contributed by atoms with Gasteiger partial charge in [-0.1, -0.05) is 6.07 Å². The fourth-order valence-corrected chi connectivity index (χ4v) is 4.59. The standard InChI is InChI=1S/C17H25N5S2.HI/c1-13-10-19-16(24-13)12-21-17(18-2)20-11-14(15-6-5-9-23-15)22-7-3-4-8-22;/h5-6,9-10,14H,3-4,7-8,11-12H2,1-2H3,(H2,18,20,21);1H. The van der Waals surface area contributed by atoms with Gasteiger partial charge >= 0.3 is 0 Å². The van der Waals surface area contributed by atoms with Gasteiger partial charge in [0, 0.05) is 29.5 Å². The van der Waals surface area contributed by atoms with E-state index >= 15 is 0 Å². The number of halogens is 1. The molecule has 1 fully saturated rings. The average Bonchev–Trinajstić information content (AvgIpc) is 3.33. The topological polar surface area (TPSA) is 52.6 Å². The molecule has 1 unspecified atom stereocenters. The third-order valence-corrected chi connectivity index (χ3v) is 6.10. The van der Waals surface area contributed by atoms with E-state index < -0.39 is 0 Å². The van der Waals surface area contributed by atoms with Crippen LogP contribution in [0.4, 0.5) is 0 Å². The van der Waals surface area contributed by atoms with Gasteiger partial charge in [0.25, 0.3) is 0 Å². The quantitative estimate of drug-likeness (QED) is 0.368. The van der Waals surface area contributed by atoms with Crippen LogP contribution in [0.5, 0.6) is 0 Å². The molecule has 3 heterocycles. The molecule has 25 heavy (non-hydrogen) atoms. The Labute approximate surface area is 175 Å². The molecule has 1 atom stereocenters. The lowest BCUT2D eigenvalue weighted by Gasteiger charge is -2.27. The van der Waals surface area contributed by atoms with Crippen molar-refractivity contribution in [1.29, 1.82) is 0 Å². The lowest BCUT2D eigenvalue weighted by molar-refractivity contribution is 0.249. The predicted molar refractivity (Wildman–Crippen MR) is 118 cm³/mol. The minimum atomic E-state index is 0. The molecule has 2 N–H and O–H groups in total. The number of hydrogen-bond acceptors (Lipinski definition) is 5. The molecule has 0 amide bonds. The smallest absolute Gasteiger partial charge is 0.191 e. The van der Waals surface area contributed by atoms with Crippen molar-refractivity contribution in [3.8, 4) is 0 Å². The Morgan fingerprint density at radius 1 is 1.36 bits per heavy atom. The van der Waals surface area contributed by atoms with Crippen molar-refractivity contribution in [3.05, 3.63) is 38.5 Å². The van der Waals surface area contributed by atoms with Crippen LogP contribution in [0, 0.1) is 6.92 Å². The maximum atomic E-state index is 4.39. The van der Waals surface area contributed by atoms with Crippen LogP contribution in [0.2, 0.25) is 0 Å². The Bertz CT molecular complexity index is 650. The first kappa shape index (κ1) is 20.6. The first-order valence-corrected chi connectivity index (χ1v) is 10.1. The van der Waals surface area contributed by atoms with E-state index in [0.29, 0.717) is 12.6 Å². The fourth-order valence-electron chi connectivity index (χ4n) is 3.00. The van der Waals surface area contributed by atoms with E-state index in [1.807, 2.05) is 24.6 Å². The van der Waals surface area contributed by atoms with Crippen molar-refractivity contribution in [2.45, 2.75) is 32.4 Å². The lowest BCUT2D eigenvalue weighted by atomic mass is 10.2. The van der Waals surface area contributed by atoms with Gasteiger partial charge in [0.05, 0.1) is 12.6 Å². The number of aliphatic imine (C=N–C) groups is 1. The summed E-state index contributed by atoms with van der Waals surface area (Å²) in [6.45, 7) is 6.04. The normalized spacial score (nSPS) is 16.5. The molecule has 1 aliphatic heterocycles. The SMILES string of the molecule is CN=C(NCc1ncc(C)s1)NCC(c1cccs1)N1CCCC1.I. The number of aryl methyl sites for hydroxylation is 1. The Morgan fingerprint density at radius 2 is 2.16 bits per heavy atom. The summed E-state index contributed by atoms with van der Waals surface area (Å²) in [7, 11) is 1.82. The van der Waals surface area contributed by atoms with Crippen LogP contribution >= 0.6 is 46.7 Å². The zero-order valence-corrected chi connectivity index (χ0v) is 18.7. The first-order chi connectivity index (χ1) is 11.8. The maximum absolute atomic E-state index is 4.39. The van der Waals surface area contributed by atoms with Crippen molar-refractivity contribution >= 4 is 52.6 Å². The highest BCUT2D eigenvalue weighted by Gasteiger charge is 2.24. The number of thiazole rings is 1. The first-order valence-electron chi connectivity index (χ1n) is 8.39. The van der Waals surface area contributed by atoms with E-state index in [0.717, 1.165) is 17.5 Å². The maximum Gasteiger partial charge on any atom is 0.191 e. The van der Waals surface area contributed by atoms with Crippen LogP contribution in [-0.2, 0) is 6.54 Å². The third-order valence-electron chi connectivity index (χ3n) is 4.22. The van der Waals surface area contributed by atoms with E-state index in [1.165, 1.54) is 35.7 Å². The summed E-state index contributed by atoms with van der Waals surface area (Å²) < 4.78 is 0. The molecule has 5 nitrogen and oxygen atoms in total. The molecule has 1 saturated heterocycles. The van der Waals surface area contributed by atoms with Gasteiger partial charge in [0.1, 0.15) is 5.01 Å². The van der Waals surface area contributed by atoms with Gasteiger partial charge in [-0.05, 0) is 44.3 Å². The highest BCUT2D eigenvalue weighted by molar-refractivity contribution is 14.0. The van der Waals surface area contributed by atoms with Crippen LogP contribution in [-0.4, -0.2) is 42.5 Å². The average molecular weight is 491 g/mol. The molecule has 138 valence electrons. The number of likely N-dealkylation sites (tertiary alicyclic amines) is 1. The highest BCUT2D eigenvalue weighted by Crippen LogP contribution is 2.27. The summed E-state index contributed by atoms with van der Waals surface area (Å²) in [5.74, 6) is 0.837. The van der Waals surface area contributed by atoms with Gasteiger partial charge in [0.15, 0.2) is 5.96 Å². The van der Waals surface area contributed by atoms with Crippen molar-refractivity contribution in [3.63, 3.8) is 0 Å². The van der Waals surface area contributed by atoms with E-state index in [2.05, 4.69) is 49.9 Å². The second kappa shape index (κ2) is 10.4. The third kappa shape index (κ3) is 5.90. The van der Waals surface area contributed by atoms with Gasteiger partial charge in [-0.15, -0.1) is 46.7 Å². The summed E-state index contributed by atoms with van der Waals surface area (Å²) in [5.41, 5.74) is 0. The van der Waals surface area contributed by atoms with Crippen molar-refractivity contribution in [1.82, 2.24) is 20.5 Å². The fraction of sp³-hybridized carbons (Fsp3) is 0.529. The number of aromatic nitrogens is 1. The van der Waals surface area contributed by atoms with Crippen LogP contribution in [0.15, 0.2) is 28.7 Å².